The predicted octanol–water partition coefficient (Wildman–Crippen LogP) is 1.78. The summed E-state index contributed by atoms with van der Waals surface area (Å²) >= 11 is 0. The molecule has 1 unspecified atom stereocenters. The molecule has 0 heterocycles. The van der Waals surface area contributed by atoms with Crippen molar-refractivity contribution < 1.29 is 14.7 Å². The van der Waals surface area contributed by atoms with Crippen LogP contribution in [0.4, 0.5) is 4.79 Å². The first-order valence-electron chi connectivity index (χ1n) is 6.13. The third-order valence-electron chi connectivity index (χ3n) is 2.82. The zero-order chi connectivity index (χ0) is 13.4. The van der Waals surface area contributed by atoms with E-state index in [2.05, 4.69) is 26.1 Å². The molecular weight excluding hydrogens is 220 g/mol. The van der Waals surface area contributed by atoms with Crippen molar-refractivity contribution >= 4 is 12.0 Å². The summed E-state index contributed by atoms with van der Waals surface area (Å²) in [6, 6.07) is -0.290. The Hall–Kier alpha value is -1.26. The van der Waals surface area contributed by atoms with Gasteiger partial charge in [-0.1, -0.05) is 27.7 Å². The smallest absolute Gasteiger partial charge is 0.323 e. The Balaban J connectivity index is 4.18. The van der Waals surface area contributed by atoms with Crippen LogP contribution in [-0.4, -0.2) is 41.6 Å². The molecule has 0 aliphatic carbocycles. The lowest BCUT2D eigenvalue weighted by Gasteiger charge is -2.23. The zero-order valence-corrected chi connectivity index (χ0v) is 11.2. The highest BCUT2D eigenvalue weighted by atomic mass is 16.4. The lowest BCUT2D eigenvalue weighted by atomic mass is 9.98. The SMILES string of the molecule is CCCN(CC(=O)O)C(=O)NCC(C)C(C)C. The van der Waals surface area contributed by atoms with Crippen LogP contribution in [0.25, 0.3) is 0 Å². The van der Waals surface area contributed by atoms with E-state index in [1.165, 1.54) is 4.90 Å². The van der Waals surface area contributed by atoms with Crippen molar-refractivity contribution in [2.24, 2.45) is 11.8 Å². The van der Waals surface area contributed by atoms with Gasteiger partial charge in [-0.05, 0) is 18.3 Å². The molecule has 0 fully saturated rings. The molecule has 0 aliphatic heterocycles. The Labute approximate surface area is 103 Å². The van der Waals surface area contributed by atoms with Gasteiger partial charge in [0.1, 0.15) is 6.54 Å². The van der Waals surface area contributed by atoms with Gasteiger partial charge in [-0.25, -0.2) is 4.79 Å². The number of carboxylic acid groups (broad SMARTS) is 1. The minimum atomic E-state index is -0.981. The molecular formula is C12H24N2O3. The van der Waals surface area contributed by atoms with Crippen molar-refractivity contribution in [3.63, 3.8) is 0 Å². The van der Waals surface area contributed by atoms with E-state index in [0.717, 1.165) is 6.42 Å². The maximum absolute atomic E-state index is 11.7. The lowest BCUT2D eigenvalue weighted by Crippen LogP contribution is -2.44. The molecule has 0 aromatic rings. The summed E-state index contributed by atoms with van der Waals surface area (Å²) in [5.41, 5.74) is 0. The quantitative estimate of drug-likeness (QED) is 0.717. The van der Waals surface area contributed by atoms with Gasteiger partial charge in [0.25, 0.3) is 0 Å². The molecule has 0 radical (unpaired) electrons. The van der Waals surface area contributed by atoms with Crippen LogP contribution in [0, 0.1) is 11.8 Å². The number of carbonyl (C=O) groups excluding carboxylic acids is 1. The molecule has 0 aromatic heterocycles. The number of rotatable bonds is 7. The van der Waals surface area contributed by atoms with Gasteiger partial charge in [0.05, 0.1) is 0 Å². The van der Waals surface area contributed by atoms with Crippen LogP contribution in [0.2, 0.25) is 0 Å². The van der Waals surface area contributed by atoms with Crippen molar-refractivity contribution in [1.82, 2.24) is 10.2 Å². The summed E-state index contributed by atoms with van der Waals surface area (Å²) in [4.78, 5) is 23.7. The van der Waals surface area contributed by atoms with Gasteiger partial charge in [-0.3, -0.25) is 4.79 Å². The highest BCUT2D eigenvalue weighted by Gasteiger charge is 2.16. The number of hydrogen-bond acceptors (Lipinski definition) is 2. The van der Waals surface area contributed by atoms with E-state index in [4.69, 9.17) is 5.11 Å². The molecule has 17 heavy (non-hydrogen) atoms. The van der Waals surface area contributed by atoms with Crippen LogP contribution in [0.3, 0.4) is 0 Å². The second-order valence-electron chi connectivity index (χ2n) is 4.72. The van der Waals surface area contributed by atoms with E-state index in [-0.39, 0.29) is 12.6 Å². The van der Waals surface area contributed by atoms with Gasteiger partial charge < -0.3 is 15.3 Å². The first-order valence-corrected chi connectivity index (χ1v) is 6.13. The third-order valence-corrected chi connectivity index (χ3v) is 2.82. The standard InChI is InChI=1S/C12H24N2O3/c1-5-6-14(8-11(15)16)12(17)13-7-10(4)9(2)3/h9-10H,5-8H2,1-4H3,(H,13,17)(H,15,16). The normalized spacial score (nSPS) is 12.3. The van der Waals surface area contributed by atoms with Gasteiger partial charge in [0.15, 0.2) is 0 Å². The fourth-order valence-corrected chi connectivity index (χ4v) is 1.28. The van der Waals surface area contributed by atoms with E-state index < -0.39 is 5.97 Å². The molecule has 0 aliphatic rings. The molecule has 0 bridgehead atoms. The molecule has 0 aromatic carbocycles. The maximum atomic E-state index is 11.7. The first-order chi connectivity index (χ1) is 7.88. The first kappa shape index (κ1) is 15.7. The minimum Gasteiger partial charge on any atom is -0.480 e. The highest BCUT2D eigenvalue weighted by molar-refractivity contribution is 5.80. The molecule has 0 rings (SSSR count). The van der Waals surface area contributed by atoms with Gasteiger partial charge in [0, 0.05) is 13.1 Å². The number of nitrogens with one attached hydrogen (secondary N) is 1. The summed E-state index contributed by atoms with van der Waals surface area (Å²) in [6.07, 6.45) is 0.750. The predicted molar refractivity (Wildman–Crippen MR) is 66.9 cm³/mol. The van der Waals surface area contributed by atoms with Crippen molar-refractivity contribution in [2.45, 2.75) is 34.1 Å². The average molecular weight is 244 g/mol. The van der Waals surface area contributed by atoms with Crippen LogP contribution in [-0.2, 0) is 4.79 Å². The van der Waals surface area contributed by atoms with Crippen molar-refractivity contribution in [1.29, 1.82) is 0 Å². The number of urea groups is 1. The Morgan fingerprint density at radius 3 is 2.29 bits per heavy atom. The van der Waals surface area contributed by atoms with Crippen LogP contribution in [0.1, 0.15) is 34.1 Å². The molecule has 0 spiro atoms. The minimum absolute atomic E-state index is 0.240. The fourth-order valence-electron chi connectivity index (χ4n) is 1.28. The number of nitrogens with zero attached hydrogens (tertiary/aromatic N) is 1. The lowest BCUT2D eigenvalue weighted by molar-refractivity contribution is -0.137. The molecule has 2 N–H and O–H groups in total. The largest absolute Gasteiger partial charge is 0.480 e. The number of aliphatic carboxylic acids is 1. The summed E-state index contributed by atoms with van der Waals surface area (Å²) in [5.74, 6) is -0.104. The fraction of sp³-hybridized carbons (Fsp3) is 0.833. The Morgan fingerprint density at radius 2 is 1.88 bits per heavy atom. The molecule has 5 heteroatoms. The Morgan fingerprint density at radius 1 is 1.29 bits per heavy atom. The molecule has 5 nitrogen and oxygen atoms in total. The second kappa shape index (κ2) is 7.92. The van der Waals surface area contributed by atoms with Crippen molar-refractivity contribution in [3.05, 3.63) is 0 Å². The molecule has 100 valence electrons. The molecule has 2 amide bonds. The Kier molecular flexibility index (Phi) is 7.34. The van der Waals surface area contributed by atoms with E-state index in [9.17, 15) is 9.59 Å². The van der Waals surface area contributed by atoms with Gasteiger partial charge in [0.2, 0.25) is 0 Å². The monoisotopic (exact) mass is 244 g/mol. The number of amides is 2. The van der Waals surface area contributed by atoms with Crippen LogP contribution < -0.4 is 5.32 Å². The van der Waals surface area contributed by atoms with Gasteiger partial charge in [-0.15, -0.1) is 0 Å². The number of hydrogen-bond donors (Lipinski definition) is 2. The van der Waals surface area contributed by atoms with Crippen molar-refractivity contribution in [2.75, 3.05) is 19.6 Å². The van der Waals surface area contributed by atoms with Crippen LogP contribution >= 0.6 is 0 Å². The van der Waals surface area contributed by atoms with Crippen LogP contribution in [0.15, 0.2) is 0 Å². The topological polar surface area (TPSA) is 69.6 Å². The summed E-state index contributed by atoms with van der Waals surface area (Å²) < 4.78 is 0. The average Bonchev–Trinajstić information content (AvgIpc) is 2.23. The molecule has 0 saturated carbocycles. The molecule has 0 saturated heterocycles. The van der Waals surface area contributed by atoms with Crippen LogP contribution in [0.5, 0.6) is 0 Å². The second-order valence-corrected chi connectivity index (χ2v) is 4.72. The summed E-state index contributed by atoms with van der Waals surface area (Å²) in [5, 5.41) is 11.5. The Bertz CT molecular complexity index is 254. The van der Waals surface area contributed by atoms with Gasteiger partial charge in [-0.2, -0.15) is 0 Å². The van der Waals surface area contributed by atoms with E-state index >= 15 is 0 Å². The zero-order valence-electron chi connectivity index (χ0n) is 11.2. The van der Waals surface area contributed by atoms with E-state index in [1.807, 2.05) is 6.92 Å². The highest BCUT2D eigenvalue weighted by Crippen LogP contribution is 2.07. The molecule has 1 atom stereocenters. The number of carboxylic acids is 1. The van der Waals surface area contributed by atoms with Gasteiger partial charge >= 0.3 is 12.0 Å². The van der Waals surface area contributed by atoms with E-state index in [1.54, 1.807) is 0 Å². The maximum Gasteiger partial charge on any atom is 0.323 e. The van der Waals surface area contributed by atoms with Crippen molar-refractivity contribution in [3.8, 4) is 0 Å². The summed E-state index contributed by atoms with van der Waals surface area (Å²) in [6.45, 7) is 8.97. The van der Waals surface area contributed by atoms with E-state index in [0.29, 0.717) is 24.9 Å². The summed E-state index contributed by atoms with van der Waals surface area (Å²) in [7, 11) is 0. The third kappa shape index (κ3) is 6.81. The number of carbonyl (C=O) groups is 2.